The number of aliphatic hydroxyl groups excluding tert-OH is 1. The molecule has 0 aromatic carbocycles. The van der Waals surface area contributed by atoms with Gasteiger partial charge in [0.2, 0.25) is 0 Å². The molecule has 16 heavy (non-hydrogen) atoms. The van der Waals surface area contributed by atoms with Crippen LogP contribution in [-0.4, -0.2) is 48.3 Å². The molecule has 2 N–H and O–H groups in total. The molecule has 0 amide bonds. The van der Waals surface area contributed by atoms with Gasteiger partial charge in [0.05, 0.1) is 6.61 Å². The van der Waals surface area contributed by atoms with Gasteiger partial charge >= 0.3 is 0 Å². The lowest BCUT2D eigenvalue weighted by atomic mass is 9.98. The van der Waals surface area contributed by atoms with Crippen LogP contribution < -0.4 is 5.32 Å². The standard InChI is InChI=1S/C13H28N2O/c1-3-8-15(9-10-16)12(2)11-13-6-4-5-7-14-13/h12-14,16H,3-11H2,1-2H3. The smallest absolute Gasteiger partial charge is 0.0558 e. The Bertz CT molecular complexity index is 163. The van der Waals surface area contributed by atoms with E-state index in [0.717, 1.165) is 13.1 Å². The molecule has 0 saturated carbocycles. The maximum Gasteiger partial charge on any atom is 0.0558 e. The van der Waals surface area contributed by atoms with E-state index in [1.807, 2.05) is 0 Å². The van der Waals surface area contributed by atoms with Crippen molar-refractivity contribution in [3.05, 3.63) is 0 Å². The minimum Gasteiger partial charge on any atom is -0.395 e. The van der Waals surface area contributed by atoms with Gasteiger partial charge in [-0.3, -0.25) is 4.90 Å². The van der Waals surface area contributed by atoms with Crippen molar-refractivity contribution in [1.82, 2.24) is 10.2 Å². The van der Waals surface area contributed by atoms with Crippen molar-refractivity contribution in [2.45, 2.75) is 58.0 Å². The van der Waals surface area contributed by atoms with E-state index in [1.165, 1.54) is 38.6 Å². The first-order valence-electron chi connectivity index (χ1n) is 6.86. The van der Waals surface area contributed by atoms with Gasteiger partial charge < -0.3 is 10.4 Å². The van der Waals surface area contributed by atoms with Gasteiger partial charge in [0.25, 0.3) is 0 Å². The fourth-order valence-electron chi connectivity index (χ4n) is 2.65. The van der Waals surface area contributed by atoms with Gasteiger partial charge in [0.15, 0.2) is 0 Å². The average molecular weight is 228 g/mol. The number of hydrogen-bond donors (Lipinski definition) is 2. The Hall–Kier alpha value is -0.120. The van der Waals surface area contributed by atoms with Gasteiger partial charge in [-0.15, -0.1) is 0 Å². The third-order valence-corrected chi connectivity index (χ3v) is 3.56. The van der Waals surface area contributed by atoms with Crippen LogP contribution in [0, 0.1) is 0 Å². The van der Waals surface area contributed by atoms with Crippen molar-refractivity contribution in [1.29, 1.82) is 0 Å². The van der Waals surface area contributed by atoms with Crippen LogP contribution in [0.1, 0.15) is 46.0 Å². The fraction of sp³-hybridized carbons (Fsp3) is 1.00. The highest BCUT2D eigenvalue weighted by molar-refractivity contribution is 4.78. The molecule has 2 atom stereocenters. The topological polar surface area (TPSA) is 35.5 Å². The first-order chi connectivity index (χ1) is 7.77. The number of aliphatic hydroxyl groups is 1. The fourth-order valence-corrected chi connectivity index (χ4v) is 2.65. The molecular weight excluding hydrogens is 200 g/mol. The third-order valence-electron chi connectivity index (χ3n) is 3.56. The van der Waals surface area contributed by atoms with Crippen molar-refractivity contribution >= 4 is 0 Å². The second-order valence-corrected chi connectivity index (χ2v) is 4.99. The minimum absolute atomic E-state index is 0.280. The van der Waals surface area contributed by atoms with E-state index in [2.05, 4.69) is 24.1 Å². The summed E-state index contributed by atoms with van der Waals surface area (Å²) >= 11 is 0. The summed E-state index contributed by atoms with van der Waals surface area (Å²) < 4.78 is 0. The van der Waals surface area contributed by atoms with Crippen LogP contribution in [0.4, 0.5) is 0 Å². The molecule has 1 aliphatic rings. The Balaban J connectivity index is 2.31. The lowest BCUT2D eigenvalue weighted by molar-refractivity contribution is 0.142. The summed E-state index contributed by atoms with van der Waals surface area (Å²) in [6.07, 6.45) is 6.42. The molecule has 3 nitrogen and oxygen atoms in total. The molecule has 0 aromatic heterocycles. The quantitative estimate of drug-likeness (QED) is 0.695. The molecule has 1 aliphatic heterocycles. The molecule has 0 bridgehead atoms. The predicted molar refractivity (Wildman–Crippen MR) is 68.7 cm³/mol. The Labute approximate surface area is 100 Å². The normalized spacial score (nSPS) is 23.6. The van der Waals surface area contributed by atoms with Crippen LogP contribution >= 0.6 is 0 Å². The maximum absolute atomic E-state index is 9.06. The van der Waals surface area contributed by atoms with E-state index in [9.17, 15) is 0 Å². The van der Waals surface area contributed by atoms with Gasteiger partial charge in [-0.2, -0.15) is 0 Å². The molecule has 0 aliphatic carbocycles. The van der Waals surface area contributed by atoms with E-state index in [1.54, 1.807) is 0 Å². The summed E-state index contributed by atoms with van der Waals surface area (Å²) in [4.78, 5) is 2.41. The summed E-state index contributed by atoms with van der Waals surface area (Å²) in [5, 5.41) is 12.7. The Kier molecular flexibility index (Phi) is 7.01. The Morgan fingerprint density at radius 3 is 2.75 bits per heavy atom. The van der Waals surface area contributed by atoms with Crippen molar-refractivity contribution in [3.8, 4) is 0 Å². The summed E-state index contributed by atoms with van der Waals surface area (Å²) in [6.45, 7) is 7.89. The number of hydrogen-bond acceptors (Lipinski definition) is 3. The molecule has 1 heterocycles. The monoisotopic (exact) mass is 228 g/mol. The highest BCUT2D eigenvalue weighted by Crippen LogP contribution is 2.15. The summed E-state index contributed by atoms with van der Waals surface area (Å²) in [7, 11) is 0. The molecule has 1 fully saturated rings. The van der Waals surface area contributed by atoms with Gasteiger partial charge in [-0.1, -0.05) is 13.3 Å². The lowest BCUT2D eigenvalue weighted by Crippen LogP contribution is -2.43. The molecule has 0 aromatic rings. The molecule has 2 unspecified atom stereocenters. The van der Waals surface area contributed by atoms with Crippen molar-refractivity contribution in [3.63, 3.8) is 0 Å². The van der Waals surface area contributed by atoms with E-state index in [4.69, 9.17) is 5.11 Å². The molecular formula is C13H28N2O. The molecule has 3 heteroatoms. The second-order valence-electron chi connectivity index (χ2n) is 4.99. The SMILES string of the molecule is CCCN(CCO)C(C)CC1CCCCN1. The first kappa shape index (κ1) is 13.9. The van der Waals surface area contributed by atoms with Gasteiger partial charge in [-0.05, 0) is 45.7 Å². The average Bonchev–Trinajstić information content (AvgIpc) is 2.30. The van der Waals surface area contributed by atoms with E-state index in [0.29, 0.717) is 12.1 Å². The molecule has 96 valence electrons. The zero-order valence-electron chi connectivity index (χ0n) is 10.9. The van der Waals surface area contributed by atoms with Crippen LogP contribution in [0.2, 0.25) is 0 Å². The van der Waals surface area contributed by atoms with Crippen LogP contribution in [-0.2, 0) is 0 Å². The summed E-state index contributed by atoms with van der Waals surface area (Å²) in [6, 6.07) is 1.28. The first-order valence-corrected chi connectivity index (χ1v) is 6.86. The summed E-state index contributed by atoms with van der Waals surface area (Å²) in [5.74, 6) is 0. The van der Waals surface area contributed by atoms with Crippen LogP contribution in [0.15, 0.2) is 0 Å². The highest BCUT2D eigenvalue weighted by Gasteiger charge is 2.19. The zero-order chi connectivity index (χ0) is 11.8. The molecule has 1 saturated heterocycles. The van der Waals surface area contributed by atoms with Crippen molar-refractivity contribution in [2.75, 3.05) is 26.2 Å². The van der Waals surface area contributed by atoms with Gasteiger partial charge in [0.1, 0.15) is 0 Å². The predicted octanol–water partition coefficient (Wildman–Crippen LogP) is 1.61. The van der Waals surface area contributed by atoms with Gasteiger partial charge in [-0.25, -0.2) is 0 Å². The Morgan fingerprint density at radius 2 is 2.19 bits per heavy atom. The van der Waals surface area contributed by atoms with E-state index in [-0.39, 0.29) is 6.61 Å². The Morgan fingerprint density at radius 1 is 1.38 bits per heavy atom. The third kappa shape index (κ3) is 4.81. The molecule has 1 rings (SSSR count). The highest BCUT2D eigenvalue weighted by atomic mass is 16.3. The van der Waals surface area contributed by atoms with E-state index < -0.39 is 0 Å². The number of nitrogens with one attached hydrogen (secondary N) is 1. The summed E-state index contributed by atoms with van der Waals surface area (Å²) in [5.41, 5.74) is 0. The largest absolute Gasteiger partial charge is 0.395 e. The van der Waals surface area contributed by atoms with Gasteiger partial charge in [0, 0.05) is 18.6 Å². The lowest BCUT2D eigenvalue weighted by Gasteiger charge is -2.33. The van der Waals surface area contributed by atoms with Crippen molar-refractivity contribution < 1.29 is 5.11 Å². The second kappa shape index (κ2) is 8.04. The minimum atomic E-state index is 0.280. The number of piperidine rings is 1. The zero-order valence-corrected chi connectivity index (χ0v) is 10.9. The van der Waals surface area contributed by atoms with Crippen LogP contribution in [0.5, 0.6) is 0 Å². The van der Waals surface area contributed by atoms with Crippen molar-refractivity contribution in [2.24, 2.45) is 0 Å². The van der Waals surface area contributed by atoms with Crippen LogP contribution in [0.25, 0.3) is 0 Å². The molecule has 0 radical (unpaired) electrons. The van der Waals surface area contributed by atoms with E-state index >= 15 is 0 Å². The number of nitrogens with zero attached hydrogens (tertiary/aromatic N) is 1. The van der Waals surface area contributed by atoms with Crippen LogP contribution in [0.3, 0.4) is 0 Å². The maximum atomic E-state index is 9.06. The number of rotatable bonds is 7. The molecule has 0 spiro atoms.